The smallest absolute Gasteiger partial charge is 0.387 e. The number of fused-ring (bicyclic) bond motifs is 1. The Hall–Kier alpha value is -2.55. The highest BCUT2D eigenvalue weighted by Gasteiger charge is 2.15. The molecular weight excluding hydrogens is 326 g/mol. The van der Waals surface area contributed by atoms with Crippen molar-refractivity contribution < 1.29 is 18.3 Å². The molecule has 120 valence electrons. The van der Waals surface area contributed by atoms with E-state index in [-0.39, 0.29) is 11.7 Å². The van der Waals surface area contributed by atoms with E-state index in [1.54, 1.807) is 30.9 Å². The molecule has 0 aliphatic carbocycles. The van der Waals surface area contributed by atoms with Gasteiger partial charge in [0.2, 0.25) is 0 Å². The van der Waals surface area contributed by atoms with Crippen LogP contribution in [0.5, 0.6) is 5.75 Å². The molecule has 0 saturated carbocycles. The Kier molecular flexibility index (Phi) is 3.95. The van der Waals surface area contributed by atoms with Crippen molar-refractivity contribution in [2.75, 3.05) is 5.32 Å². The standard InChI is InChI=1S/C14H12F2N4O2S/c1-7-9(6-20(2)19-7)12(21)18-14-17-10-4-3-8(22-13(15)16)5-11(10)23-14/h3-6,13H,1-2H3,(H,17,18,21). The number of carbonyl (C=O) groups is 1. The normalized spacial score (nSPS) is 11.2. The Bertz CT molecular complexity index is 875. The van der Waals surface area contributed by atoms with Crippen LogP contribution >= 0.6 is 11.3 Å². The lowest BCUT2D eigenvalue weighted by atomic mass is 10.2. The Labute approximate surface area is 133 Å². The molecule has 0 atom stereocenters. The second kappa shape index (κ2) is 5.92. The highest BCUT2D eigenvalue weighted by molar-refractivity contribution is 7.22. The fraction of sp³-hybridized carbons (Fsp3) is 0.214. The highest BCUT2D eigenvalue weighted by atomic mass is 32.1. The van der Waals surface area contributed by atoms with Gasteiger partial charge in [0.05, 0.1) is 21.5 Å². The number of nitrogens with one attached hydrogen (secondary N) is 1. The minimum absolute atomic E-state index is 0.0529. The summed E-state index contributed by atoms with van der Waals surface area (Å²) >= 11 is 1.18. The minimum Gasteiger partial charge on any atom is -0.435 e. The average molecular weight is 338 g/mol. The predicted octanol–water partition coefficient (Wildman–Crippen LogP) is 3.19. The third-order valence-electron chi connectivity index (χ3n) is 3.06. The summed E-state index contributed by atoms with van der Waals surface area (Å²) < 4.78 is 31.0. The van der Waals surface area contributed by atoms with Gasteiger partial charge in [0.15, 0.2) is 5.13 Å². The Balaban J connectivity index is 1.83. The van der Waals surface area contributed by atoms with Crippen LogP contribution in [-0.2, 0) is 7.05 Å². The molecule has 6 nitrogen and oxygen atoms in total. The number of benzene rings is 1. The molecule has 0 spiro atoms. The van der Waals surface area contributed by atoms with E-state index in [1.807, 2.05) is 0 Å². The van der Waals surface area contributed by atoms with Crippen LogP contribution in [0.3, 0.4) is 0 Å². The summed E-state index contributed by atoms with van der Waals surface area (Å²) in [5, 5.41) is 7.17. The molecule has 1 N–H and O–H groups in total. The number of ether oxygens (including phenoxy) is 1. The zero-order chi connectivity index (χ0) is 16.6. The van der Waals surface area contributed by atoms with Crippen molar-refractivity contribution in [3.05, 3.63) is 35.7 Å². The van der Waals surface area contributed by atoms with Crippen LogP contribution < -0.4 is 10.1 Å². The van der Waals surface area contributed by atoms with E-state index < -0.39 is 6.61 Å². The lowest BCUT2D eigenvalue weighted by molar-refractivity contribution is -0.0497. The molecule has 2 heterocycles. The summed E-state index contributed by atoms with van der Waals surface area (Å²) in [6.07, 6.45) is 1.62. The van der Waals surface area contributed by atoms with Gasteiger partial charge in [-0.3, -0.25) is 14.8 Å². The van der Waals surface area contributed by atoms with Crippen molar-refractivity contribution in [3.8, 4) is 5.75 Å². The monoisotopic (exact) mass is 338 g/mol. The predicted molar refractivity (Wildman–Crippen MR) is 82.2 cm³/mol. The van der Waals surface area contributed by atoms with Crippen molar-refractivity contribution in [1.82, 2.24) is 14.8 Å². The third kappa shape index (κ3) is 3.29. The molecule has 1 amide bonds. The number of thiazole rings is 1. The van der Waals surface area contributed by atoms with Crippen LogP contribution in [0.1, 0.15) is 16.1 Å². The summed E-state index contributed by atoms with van der Waals surface area (Å²) in [7, 11) is 1.73. The molecule has 0 unspecified atom stereocenters. The summed E-state index contributed by atoms with van der Waals surface area (Å²) in [6.45, 7) is -1.14. The van der Waals surface area contributed by atoms with Crippen LogP contribution in [0.2, 0.25) is 0 Å². The number of halogens is 2. The zero-order valence-corrected chi connectivity index (χ0v) is 13.0. The molecular formula is C14H12F2N4O2S. The topological polar surface area (TPSA) is 69.0 Å². The number of carbonyl (C=O) groups excluding carboxylic acids is 1. The average Bonchev–Trinajstić information content (AvgIpc) is 2.99. The summed E-state index contributed by atoms with van der Waals surface area (Å²) in [6, 6.07) is 4.43. The van der Waals surface area contributed by atoms with E-state index in [9.17, 15) is 13.6 Å². The highest BCUT2D eigenvalue weighted by Crippen LogP contribution is 2.30. The molecule has 3 aromatic rings. The molecule has 0 fully saturated rings. The summed E-state index contributed by atoms with van der Waals surface area (Å²) in [4.78, 5) is 16.5. The quantitative estimate of drug-likeness (QED) is 0.793. The van der Waals surface area contributed by atoms with E-state index in [0.717, 1.165) is 0 Å². The van der Waals surface area contributed by atoms with E-state index in [4.69, 9.17) is 0 Å². The van der Waals surface area contributed by atoms with Gasteiger partial charge in [-0.05, 0) is 25.1 Å². The third-order valence-corrected chi connectivity index (χ3v) is 4.00. The van der Waals surface area contributed by atoms with Crippen molar-refractivity contribution in [3.63, 3.8) is 0 Å². The number of anilines is 1. The largest absolute Gasteiger partial charge is 0.435 e. The van der Waals surface area contributed by atoms with Gasteiger partial charge in [0, 0.05) is 13.2 Å². The van der Waals surface area contributed by atoms with Crippen LogP contribution in [-0.4, -0.2) is 27.3 Å². The van der Waals surface area contributed by atoms with E-state index in [1.165, 1.54) is 23.5 Å². The number of nitrogens with zero attached hydrogens (tertiary/aromatic N) is 3. The number of amides is 1. The number of rotatable bonds is 4. The Morgan fingerprint density at radius 2 is 2.22 bits per heavy atom. The number of hydrogen-bond donors (Lipinski definition) is 1. The number of hydrogen-bond acceptors (Lipinski definition) is 5. The van der Waals surface area contributed by atoms with E-state index >= 15 is 0 Å². The van der Waals surface area contributed by atoms with Gasteiger partial charge in [-0.25, -0.2) is 4.98 Å². The minimum atomic E-state index is -2.88. The number of alkyl halides is 2. The molecule has 3 rings (SSSR count). The first-order chi connectivity index (χ1) is 10.9. The summed E-state index contributed by atoms with van der Waals surface area (Å²) in [5.41, 5.74) is 1.65. The fourth-order valence-corrected chi connectivity index (χ4v) is 3.01. The van der Waals surface area contributed by atoms with Gasteiger partial charge >= 0.3 is 6.61 Å². The lowest BCUT2D eigenvalue weighted by Gasteiger charge is -2.02. The van der Waals surface area contributed by atoms with Gasteiger partial charge in [-0.15, -0.1) is 0 Å². The molecule has 1 aromatic carbocycles. The molecule has 0 bridgehead atoms. The lowest BCUT2D eigenvalue weighted by Crippen LogP contribution is -2.12. The van der Waals surface area contributed by atoms with Crippen molar-refractivity contribution in [2.24, 2.45) is 7.05 Å². The van der Waals surface area contributed by atoms with Crippen LogP contribution in [0.25, 0.3) is 10.2 Å². The maximum Gasteiger partial charge on any atom is 0.387 e. The molecule has 0 saturated heterocycles. The maximum atomic E-state index is 12.2. The van der Waals surface area contributed by atoms with Gasteiger partial charge < -0.3 is 4.74 Å². The number of aromatic nitrogens is 3. The van der Waals surface area contributed by atoms with Crippen molar-refractivity contribution >= 4 is 32.6 Å². The summed E-state index contributed by atoms with van der Waals surface area (Å²) in [5.74, 6) is -0.268. The zero-order valence-electron chi connectivity index (χ0n) is 12.2. The number of aryl methyl sites for hydroxylation is 2. The SMILES string of the molecule is Cc1nn(C)cc1C(=O)Nc1nc2ccc(OC(F)F)cc2s1. The maximum absolute atomic E-state index is 12.2. The van der Waals surface area contributed by atoms with Crippen molar-refractivity contribution in [2.45, 2.75) is 13.5 Å². The first-order valence-electron chi connectivity index (χ1n) is 6.59. The van der Waals surface area contributed by atoms with Gasteiger partial charge in [-0.2, -0.15) is 13.9 Å². The fourth-order valence-electron chi connectivity index (χ4n) is 2.12. The van der Waals surface area contributed by atoms with Crippen molar-refractivity contribution in [1.29, 1.82) is 0 Å². The van der Waals surface area contributed by atoms with Crippen LogP contribution in [0.4, 0.5) is 13.9 Å². The molecule has 9 heteroatoms. The van der Waals surface area contributed by atoms with E-state index in [2.05, 4.69) is 20.1 Å². The second-order valence-corrected chi connectivity index (χ2v) is 5.81. The Morgan fingerprint density at radius 3 is 2.87 bits per heavy atom. The molecule has 0 aliphatic rings. The van der Waals surface area contributed by atoms with Gasteiger partial charge in [0.25, 0.3) is 5.91 Å². The first kappa shape index (κ1) is 15.3. The molecule has 0 radical (unpaired) electrons. The van der Waals surface area contributed by atoms with E-state index in [0.29, 0.717) is 26.6 Å². The first-order valence-corrected chi connectivity index (χ1v) is 7.41. The van der Waals surface area contributed by atoms with Gasteiger partial charge in [0.1, 0.15) is 5.75 Å². The van der Waals surface area contributed by atoms with Crippen LogP contribution in [0.15, 0.2) is 24.4 Å². The Morgan fingerprint density at radius 1 is 1.43 bits per heavy atom. The molecule has 0 aliphatic heterocycles. The molecule has 2 aromatic heterocycles. The van der Waals surface area contributed by atoms with Crippen LogP contribution in [0, 0.1) is 6.92 Å². The molecule has 23 heavy (non-hydrogen) atoms. The second-order valence-electron chi connectivity index (χ2n) is 4.78. The van der Waals surface area contributed by atoms with Gasteiger partial charge in [-0.1, -0.05) is 11.3 Å².